The van der Waals surface area contributed by atoms with Gasteiger partial charge in [-0.2, -0.15) is 5.10 Å². The van der Waals surface area contributed by atoms with E-state index in [-0.39, 0.29) is 5.91 Å². The molecule has 23 heavy (non-hydrogen) atoms. The Morgan fingerprint density at radius 1 is 1.17 bits per heavy atom. The molecule has 0 saturated carbocycles. The van der Waals surface area contributed by atoms with Gasteiger partial charge in [-0.15, -0.1) is 0 Å². The monoisotopic (exact) mass is 307 g/mol. The molecule has 3 heterocycles. The average molecular weight is 307 g/mol. The van der Waals surface area contributed by atoms with Crippen LogP contribution in [0.25, 0.3) is 5.69 Å². The Hall–Kier alpha value is -3.02. The minimum atomic E-state index is 0.0304. The van der Waals surface area contributed by atoms with Crippen LogP contribution in [0.15, 0.2) is 48.8 Å². The first-order valence-electron chi connectivity index (χ1n) is 7.56. The lowest BCUT2D eigenvalue weighted by atomic mass is 10.1. The lowest BCUT2D eigenvalue weighted by Crippen LogP contribution is -2.36. The third-order valence-electron chi connectivity index (χ3n) is 4.27. The van der Waals surface area contributed by atoms with E-state index in [0.717, 1.165) is 23.4 Å². The number of hydrogen-bond acceptors (Lipinski definition) is 3. The number of anilines is 1. The molecule has 0 fully saturated rings. The van der Waals surface area contributed by atoms with Gasteiger partial charge in [0.15, 0.2) is 0 Å². The van der Waals surface area contributed by atoms with E-state index in [9.17, 15) is 4.79 Å². The molecule has 1 amide bonds. The number of aromatic nitrogens is 3. The van der Waals surface area contributed by atoms with Gasteiger partial charge in [0.1, 0.15) is 5.82 Å². The van der Waals surface area contributed by atoms with E-state index in [4.69, 9.17) is 5.73 Å². The zero-order valence-electron chi connectivity index (χ0n) is 12.6. The van der Waals surface area contributed by atoms with Crippen LogP contribution in [-0.4, -0.2) is 32.1 Å². The largest absolute Gasteiger partial charge is 0.382 e. The molecule has 6 heteroatoms. The number of benzene rings is 1. The van der Waals surface area contributed by atoms with Crippen molar-refractivity contribution in [2.24, 2.45) is 0 Å². The fourth-order valence-electron chi connectivity index (χ4n) is 2.98. The molecule has 4 rings (SSSR count). The summed E-state index contributed by atoms with van der Waals surface area (Å²) in [5.41, 5.74) is 9.51. The Morgan fingerprint density at radius 2 is 1.91 bits per heavy atom. The SMILES string of the molecule is Nc1n[nH]c2c1CCN(C(=O)c1ccc(-n3cccc3)cc1)C2. The molecule has 0 spiro atoms. The van der Waals surface area contributed by atoms with Crippen LogP contribution < -0.4 is 5.73 Å². The van der Waals surface area contributed by atoms with E-state index < -0.39 is 0 Å². The number of carbonyl (C=O) groups is 1. The number of aromatic amines is 1. The summed E-state index contributed by atoms with van der Waals surface area (Å²) in [6, 6.07) is 11.6. The van der Waals surface area contributed by atoms with Crippen LogP contribution >= 0.6 is 0 Å². The number of nitrogens with zero attached hydrogens (tertiary/aromatic N) is 3. The Kier molecular flexibility index (Phi) is 3.15. The van der Waals surface area contributed by atoms with E-state index in [0.29, 0.717) is 24.5 Å². The van der Waals surface area contributed by atoms with Crippen LogP contribution in [0.4, 0.5) is 5.82 Å². The highest BCUT2D eigenvalue weighted by Crippen LogP contribution is 2.23. The lowest BCUT2D eigenvalue weighted by Gasteiger charge is -2.26. The lowest BCUT2D eigenvalue weighted by molar-refractivity contribution is 0.0732. The Bertz CT molecular complexity index is 833. The van der Waals surface area contributed by atoms with Crippen LogP contribution in [0, 0.1) is 0 Å². The number of nitrogen functional groups attached to an aromatic ring is 1. The van der Waals surface area contributed by atoms with E-state index in [1.54, 1.807) is 0 Å². The first-order valence-corrected chi connectivity index (χ1v) is 7.56. The van der Waals surface area contributed by atoms with Crippen molar-refractivity contribution < 1.29 is 4.79 Å². The molecule has 0 bridgehead atoms. The first-order chi connectivity index (χ1) is 11.2. The van der Waals surface area contributed by atoms with Gasteiger partial charge in [0.25, 0.3) is 5.91 Å². The molecule has 0 unspecified atom stereocenters. The number of hydrogen-bond donors (Lipinski definition) is 2. The summed E-state index contributed by atoms with van der Waals surface area (Å²) in [5.74, 6) is 0.575. The van der Waals surface area contributed by atoms with E-state index in [1.807, 2.05) is 58.3 Å². The summed E-state index contributed by atoms with van der Waals surface area (Å²) in [6.45, 7) is 1.19. The van der Waals surface area contributed by atoms with Crippen molar-refractivity contribution in [1.82, 2.24) is 19.7 Å². The second kappa shape index (κ2) is 5.31. The highest BCUT2D eigenvalue weighted by molar-refractivity contribution is 5.94. The molecule has 2 aromatic heterocycles. The highest BCUT2D eigenvalue weighted by Gasteiger charge is 2.24. The number of nitrogens with one attached hydrogen (secondary N) is 1. The molecule has 116 valence electrons. The van der Waals surface area contributed by atoms with E-state index in [1.165, 1.54) is 0 Å². The van der Waals surface area contributed by atoms with Gasteiger partial charge in [0.05, 0.1) is 12.2 Å². The third kappa shape index (κ3) is 2.38. The summed E-state index contributed by atoms with van der Waals surface area (Å²) in [4.78, 5) is 14.5. The maximum atomic E-state index is 12.7. The van der Waals surface area contributed by atoms with Crippen molar-refractivity contribution in [1.29, 1.82) is 0 Å². The van der Waals surface area contributed by atoms with Crippen molar-refractivity contribution in [2.45, 2.75) is 13.0 Å². The molecular weight excluding hydrogens is 290 g/mol. The quantitative estimate of drug-likeness (QED) is 0.759. The summed E-state index contributed by atoms with van der Waals surface area (Å²) < 4.78 is 2.01. The molecule has 3 N–H and O–H groups in total. The van der Waals surface area contributed by atoms with Gasteiger partial charge in [0.2, 0.25) is 0 Å². The van der Waals surface area contributed by atoms with E-state index in [2.05, 4.69) is 10.2 Å². The molecule has 0 aliphatic carbocycles. The number of H-pyrrole nitrogens is 1. The van der Waals surface area contributed by atoms with Gasteiger partial charge in [-0.1, -0.05) is 0 Å². The first kappa shape index (κ1) is 13.6. The van der Waals surface area contributed by atoms with Crippen molar-refractivity contribution in [2.75, 3.05) is 12.3 Å². The van der Waals surface area contributed by atoms with Gasteiger partial charge in [-0.05, 0) is 42.8 Å². The Labute approximate surface area is 133 Å². The molecule has 6 nitrogen and oxygen atoms in total. The Morgan fingerprint density at radius 3 is 2.65 bits per heavy atom. The zero-order chi connectivity index (χ0) is 15.8. The molecule has 1 aliphatic heterocycles. The van der Waals surface area contributed by atoms with Crippen LogP contribution in [0.2, 0.25) is 0 Å². The Balaban J connectivity index is 1.53. The molecule has 1 aliphatic rings. The smallest absolute Gasteiger partial charge is 0.254 e. The van der Waals surface area contributed by atoms with Crippen molar-refractivity contribution in [3.63, 3.8) is 0 Å². The fraction of sp³-hybridized carbons (Fsp3) is 0.176. The average Bonchev–Trinajstić information content (AvgIpc) is 3.24. The summed E-state index contributed by atoms with van der Waals surface area (Å²) >= 11 is 0. The maximum Gasteiger partial charge on any atom is 0.254 e. The van der Waals surface area contributed by atoms with Crippen LogP contribution in [0.1, 0.15) is 21.6 Å². The van der Waals surface area contributed by atoms with Crippen LogP contribution in [0.3, 0.4) is 0 Å². The van der Waals surface area contributed by atoms with Gasteiger partial charge >= 0.3 is 0 Å². The number of carbonyl (C=O) groups excluding carboxylic acids is 1. The number of rotatable bonds is 2. The maximum absolute atomic E-state index is 12.7. The third-order valence-corrected chi connectivity index (χ3v) is 4.27. The fourth-order valence-corrected chi connectivity index (χ4v) is 2.98. The molecule has 1 aromatic carbocycles. The molecule has 0 radical (unpaired) electrons. The highest BCUT2D eigenvalue weighted by atomic mass is 16.2. The summed E-state index contributed by atoms with van der Waals surface area (Å²) in [7, 11) is 0. The van der Waals surface area contributed by atoms with E-state index >= 15 is 0 Å². The summed E-state index contributed by atoms with van der Waals surface area (Å²) in [6.07, 6.45) is 4.70. The normalized spacial score (nSPS) is 13.8. The van der Waals surface area contributed by atoms with Gasteiger partial charge < -0.3 is 15.2 Å². The van der Waals surface area contributed by atoms with Crippen molar-refractivity contribution in [3.8, 4) is 5.69 Å². The van der Waals surface area contributed by atoms with Crippen LogP contribution in [0.5, 0.6) is 0 Å². The molecular formula is C17H17N5O. The predicted molar refractivity (Wildman–Crippen MR) is 87.2 cm³/mol. The molecule has 3 aromatic rings. The summed E-state index contributed by atoms with van der Waals surface area (Å²) in [5, 5.41) is 6.93. The number of nitrogens with two attached hydrogens (primary N) is 1. The van der Waals surface area contributed by atoms with Crippen LogP contribution in [-0.2, 0) is 13.0 Å². The molecule has 0 saturated heterocycles. The van der Waals surface area contributed by atoms with Crippen molar-refractivity contribution >= 4 is 11.7 Å². The second-order valence-electron chi connectivity index (χ2n) is 5.68. The second-order valence-corrected chi connectivity index (χ2v) is 5.68. The van der Waals surface area contributed by atoms with Gasteiger partial charge in [0, 0.05) is 35.8 Å². The molecule has 0 atom stereocenters. The number of amides is 1. The topological polar surface area (TPSA) is 79.9 Å². The minimum Gasteiger partial charge on any atom is -0.382 e. The zero-order valence-corrected chi connectivity index (χ0v) is 12.6. The van der Waals surface area contributed by atoms with Crippen molar-refractivity contribution in [3.05, 3.63) is 65.6 Å². The number of fused-ring (bicyclic) bond motifs is 1. The van der Waals surface area contributed by atoms with Gasteiger partial charge in [-0.3, -0.25) is 9.89 Å². The minimum absolute atomic E-state index is 0.0304. The predicted octanol–water partition coefficient (Wildman–Crippen LogP) is 1.98. The standard InChI is InChI=1S/C17H17N5O/c18-16-14-7-10-22(11-15(14)19-20-16)17(23)12-3-5-13(6-4-12)21-8-1-2-9-21/h1-6,8-9H,7,10-11H2,(H3,18,19,20). The van der Waals surface area contributed by atoms with Gasteiger partial charge in [-0.25, -0.2) is 0 Å².